The maximum Gasteiger partial charge on any atom is 0.259 e. The molecule has 0 aromatic carbocycles. The smallest absolute Gasteiger partial charge is 0.259 e. The number of aromatic amines is 2. The van der Waals surface area contributed by atoms with Gasteiger partial charge in [0.15, 0.2) is 0 Å². The van der Waals surface area contributed by atoms with Gasteiger partial charge in [0.2, 0.25) is 0 Å². The summed E-state index contributed by atoms with van der Waals surface area (Å²) in [6.07, 6.45) is 7.42. The maximum atomic E-state index is 12.4. The Bertz CT molecular complexity index is 847. The number of rotatable bonds is 2. The van der Waals surface area contributed by atoms with Gasteiger partial charge in [0.25, 0.3) is 5.56 Å². The van der Waals surface area contributed by atoms with Gasteiger partial charge in [0.1, 0.15) is 10.7 Å². The Labute approximate surface area is 125 Å². The van der Waals surface area contributed by atoms with Crippen LogP contribution in [0, 0.1) is 5.92 Å². The molecule has 3 heterocycles. The van der Waals surface area contributed by atoms with E-state index in [0.717, 1.165) is 35.0 Å². The van der Waals surface area contributed by atoms with E-state index in [1.165, 1.54) is 10.4 Å². The van der Waals surface area contributed by atoms with Gasteiger partial charge in [-0.2, -0.15) is 5.10 Å². The highest BCUT2D eigenvalue weighted by Gasteiger charge is 2.22. The quantitative estimate of drug-likeness (QED) is 0.763. The molecule has 0 unspecified atom stereocenters. The topological polar surface area (TPSA) is 74.4 Å². The van der Waals surface area contributed by atoms with Crippen LogP contribution in [0.5, 0.6) is 0 Å². The lowest BCUT2D eigenvalue weighted by molar-refractivity contribution is 0.509. The lowest BCUT2D eigenvalue weighted by atomic mass is 9.89. The van der Waals surface area contributed by atoms with Crippen molar-refractivity contribution < 1.29 is 0 Å². The molecule has 0 fully saturated rings. The van der Waals surface area contributed by atoms with Crippen LogP contribution in [-0.4, -0.2) is 20.2 Å². The first-order valence-electron chi connectivity index (χ1n) is 7.22. The van der Waals surface area contributed by atoms with Crippen LogP contribution >= 0.6 is 11.3 Å². The summed E-state index contributed by atoms with van der Waals surface area (Å²) in [5.41, 5.74) is 2.26. The van der Waals surface area contributed by atoms with Gasteiger partial charge < -0.3 is 4.98 Å². The van der Waals surface area contributed by atoms with Crippen LogP contribution in [0.3, 0.4) is 0 Å². The summed E-state index contributed by atoms with van der Waals surface area (Å²) in [6, 6.07) is 0. The number of hydrogen-bond donors (Lipinski definition) is 2. The van der Waals surface area contributed by atoms with E-state index in [0.29, 0.717) is 18.2 Å². The van der Waals surface area contributed by atoms with Crippen LogP contribution in [0.15, 0.2) is 17.2 Å². The third-order valence-corrected chi connectivity index (χ3v) is 5.29. The molecule has 4 rings (SSSR count). The fourth-order valence-electron chi connectivity index (χ4n) is 3.04. The first kappa shape index (κ1) is 12.8. The van der Waals surface area contributed by atoms with Crippen molar-refractivity contribution in [2.75, 3.05) is 0 Å². The van der Waals surface area contributed by atoms with Crippen molar-refractivity contribution in [3.8, 4) is 0 Å². The minimum absolute atomic E-state index is 0.00514. The first-order chi connectivity index (χ1) is 10.2. The number of fused-ring (bicyclic) bond motifs is 3. The molecule has 1 aliphatic rings. The number of thiophene rings is 1. The van der Waals surface area contributed by atoms with E-state index >= 15 is 0 Å². The van der Waals surface area contributed by atoms with Gasteiger partial charge in [-0.15, -0.1) is 11.3 Å². The fraction of sp³-hybridized carbons (Fsp3) is 0.400. The molecule has 1 atom stereocenters. The van der Waals surface area contributed by atoms with Gasteiger partial charge >= 0.3 is 0 Å². The number of H-pyrrole nitrogens is 2. The summed E-state index contributed by atoms with van der Waals surface area (Å²) in [6.45, 7) is 2.27. The Morgan fingerprint density at radius 3 is 3.19 bits per heavy atom. The molecule has 0 bridgehead atoms. The summed E-state index contributed by atoms with van der Waals surface area (Å²) < 4.78 is 0. The molecule has 3 aromatic heterocycles. The minimum atomic E-state index is 0.00514. The van der Waals surface area contributed by atoms with E-state index in [1.54, 1.807) is 17.5 Å². The van der Waals surface area contributed by atoms with Crippen molar-refractivity contribution in [3.05, 3.63) is 44.6 Å². The molecular formula is C15H16N4OS. The second-order valence-corrected chi connectivity index (χ2v) is 6.91. The van der Waals surface area contributed by atoms with Crippen molar-refractivity contribution in [1.82, 2.24) is 20.2 Å². The zero-order valence-electron chi connectivity index (χ0n) is 11.8. The summed E-state index contributed by atoms with van der Waals surface area (Å²) >= 11 is 1.69. The van der Waals surface area contributed by atoms with E-state index in [1.807, 2.05) is 6.20 Å². The highest BCUT2D eigenvalue weighted by Crippen LogP contribution is 2.35. The molecule has 108 valence electrons. The normalized spacial score (nSPS) is 18.0. The molecule has 5 nitrogen and oxygen atoms in total. The molecule has 0 radical (unpaired) electrons. The minimum Gasteiger partial charge on any atom is -0.310 e. The standard InChI is InChI=1S/C15H16N4OS/c1-8-2-3-10-11(4-8)21-15-13(10)14(20)18-12(19-15)5-9-6-16-17-7-9/h6-8H,2-5H2,1H3,(H,16,17)(H,18,19,20)/t8-/m1/s1. The van der Waals surface area contributed by atoms with Crippen molar-refractivity contribution in [3.63, 3.8) is 0 Å². The van der Waals surface area contributed by atoms with Crippen LogP contribution in [0.1, 0.15) is 35.2 Å². The Balaban J connectivity index is 1.82. The highest BCUT2D eigenvalue weighted by molar-refractivity contribution is 7.18. The molecule has 2 N–H and O–H groups in total. The number of nitrogens with zero attached hydrogens (tertiary/aromatic N) is 2. The molecule has 0 aliphatic heterocycles. The van der Waals surface area contributed by atoms with Gasteiger partial charge in [-0.3, -0.25) is 9.89 Å². The van der Waals surface area contributed by atoms with Crippen LogP contribution in [0.2, 0.25) is 0 Å². The zero-order chi connectivity index (χ0) is 14.4. The summed E-state index contributed by atoms with van der Waals surface area (Å²) in [7, 11) is 0. The van der Waals surface area contributed by atoms with E-state index in [-0.39, 0.29) is 5.56 Å². The third-order valence-electron chi connectivity index (χ3n) is 4.14. The molecule has 0 spiro atoms. The Hall–Kier alpha value is -1.95. The molecular weight excluding hydrogens is 284 g/mol. The van der Waals surface area contributed by atoms with Gasteiger partial charge in [0.05, 0.1) is 11.6 Å². The molecule has 21 heavy (non-hydrogen) atoms. The van der Waals surface area contributed by atoms with Crippen molar-refractivity contribution in [1.29, 1.82) is 0 Å². The van der Waals surface area contributed by atoms with Crippen LogP contribution in [0.4, 0.5) is 0 Å². The van der Waals surface area contributed by atoms with E-state index in [2.05, 4.69) is 27.1 Å². The number of hydrogen-bond acceptors (Lipinski definition) is 4. The number of nitrogens with one attached hydrogen (secondary N) is 2. The third kappa shape index (κ3) is 2.19. The Kier molecular flexibility index (Phi) is 2.92. The monoisotopic (exact) mass is 300 g/mol. The van der Waals surface area contributed by atoms with Crippen molar-refractivity contribution >= 4 is 21.6 Å². The van der Waals surface area contributed by atoms with Gasteiger partial charge in [0, 0.05) is 17.5 Å². The predicted molar refractivity (Wildman–Crippen MR) is 82.8 cm³/mol. The fourth-order valence-corrected chi connectivity index (χ4v) is 4.45. The predicted octanol–water partition coefficient (Wildman–Crippen LogP) is 2.42. The molecule has 0 amide bonds. The summed E-state index contributed by atoms with van der Waals surface area (Å²) in [4.78, 5) is 22.3. The Morgan fingerprint density at radius 1 is 1.48 bits per heavy atom. The second kappa shape index (κ2) is 4.80. The van der Waals surface area contributed by atoms with Crippen LogP contribution in [0.25, 0.3) is 10.2 Å². The lowest BCUT2D eigenvalue weighted by Crippen LogP contribution is -2.14. The van der Waals surface area contributed by atoms with Gasteiger partial charge in [-0.25, -0.2) is 4.98 Å². The van der Waals surface area contributed by atoms with E-state index in [4.69, 9.17) is 0 Å². The summed E-state index contributed by atoms with van der Waals surface area (Å²) in [5.74, 6) is 1.41. The average Bonchev–Trinajstić information content (AvgIpc) is 3.05. The average molecular weight is 300 g/mol. The van der Waals surface area contributed by atoms with Crippen molar-refractivity contribution in [2.24, 2.45) is 5.92 Å². The van der Waals surface area contributed by atoms with Crippen LogP contribution in [-0.2, 0) is 19.3 Å². The molecule has 1 aliphatic carbocycles. The molecule has 6 heteroatoms. The number of aromatic nitrogens is 4. The molecule has 0 saturated heterocycles. The van der Waals surface area contributed by atoms with E-state index in [9.17, 15) is 4.79 Å². The zero-order valence-corrected chi connectivity index (χ0v) is 12.6. The lowest BCUT2D eigenvalue weighted by Gasteiger charge is -2.17. The Morgan fingerprint density at radius 2 is 2.38 bits per heavy atom. The first-order valence-corrected chi connectivity index (χ1v) is 8.03. The maximum absolute atomic E-state index is 12.4. The summed E-state index contributed by atoms with van der Waals surface area (Å²) in [5, 5.41) is 7.52. The molecule has 0 saturated carbocycles. The van der Waals surface area contributed by atoms with Crippen LogP contribution < -0.4 is 5.56 Å². The second-order valence-electron chi connectivity index (χ2n) is 5.83. The molecule has 3 aromatic rings. The van der Waals surface area contributed by atoms with Gasteiger partial charge in [-0.1, -0.05) is 6.92 Å². The number of aryl methyl sites for hydroxylation is 1. The largest absolute Gasteiger partial charge is 0.310 e. The SMILES string of the molecule is C[C@@H]1CCc2c(sc3nc(Cc4cn[nH]c4)[nH]c(=O)c23)C1. The highest BCUT2D eigenvalue weighted by atomic mass is 32.1. The van der Waals surface area contributed by atoms with Crippen molar-refractivity contribution in [2.45, 2.75) is 32.6 Å². The van der Waals surface area contributed by atoms with Gasteiger partial charge in [-0.05, 0) is 36.3 Å². The van der Waals surface area contributed by atoms with E-state index < -0.39 is 0 Å².